The van der Waals surface area contributed by atoms with E-state index in [4.69, 9.17) is 19.0 Å². The lowest BCUT2D eigenvalue weighted by Crippen LogP contribution is -2.22. The minimum Gasteiger partial charge on any atom is -0.487 e. The van der Waals surface area contributed by atoms with E-state index in [-0.39, 0.29) is 23.9 Å². The third-order valence-corrected chi connectivity index (χ3v) is 3.32. The number of hydrogen-bond donors (Lipinski definition) is 2. The molecule has 8 heteroatoms. The number of aliphatic hydroxyl groups excluding tert-OH is 1. The lowest BCUT2D eigenvalue weighted by Gasteiger charge is -2.11. The Balaban J connectivity index is 2.28. The fourth-order valence-electron chi connectivity index (χ4n) is 1.69. The minimum atomic E-state index is -3.91. The van der Waals surface area contributed by atoms with Gasteiger partial charge in [0, 0.05) is 18.6 Å². The van der Waals surface area contributed by atoms with Gasteiger partial charge in [-0.15, -0.1) is 0 Å². The van der Waals surface area contributed by atoms with E-state index in [9.17, 15) is 13.5 Å². The highest BCUT2D eigenvalue weighted by molar-refractivity contribution is 7.89. The summed E-state index contributed by atoms with van der Waals surface area (Å²) in [5, 5.41) is 14.8. The highest BCUT2D eigenvalue weighted by atomic mass is 32.2. The van der Waals surface area contributed by atoms with Crippen LogP contribution in [0.4, 0.5) is 0 Å². The zero-order chi connectivity index (χ0) is 14.8. The van der Waals surface area contributed by atoms with Crippen molar-refractivity contribution in [3.05, 3.63) is 24.3 Å². The third-order valence-electron chi connectivity index (χ3n) is 2.56. The molecule has 2 aromatic rings. The maximum absolute atomic E-state index is 11.3. The predicted molar refractivity (Wildman–Crippen MR) is 71.0 cm³/mol. The molecule has 0 bridgehead atoms. The number of ether oxygens (including phenoxy) is 2. The maximum atomic E-state index is 11.3. The van der Waals surface area contributed by atoms with E-state index in [1.165, 1.54) is 13.2 Å². The average molecular weight is 301 g/mol. The molecule has 0 aliphatic rings. The number of rotatable bonds is 6. The number of methoxy groups -OCH3 is 1. The molecule has 1 heterocycles. The molecule has 3 N–H and O–H groups in total. The first kappa shape index (κ1) is 14.8. The minimum absolute atomic E-state index is 0.00163. The largest absolute Gasteiger partial charge is 0.487 e. The highest BCUT2D eigenvalue weighted by Crippen LogP contribution is 2.30. The number of para-hydroxylation sites is 1. The van der Waals surface area contributed by atoms with Crippen molar-refractivity contribution in [3.63, 3.8) is 0 Å². The van der Waals surface area contributed by atoms with Gasteiger partial charge >= 0.3 is 0 Å². The summed E-state index contributed by atoms with van der Waals surface area (Å²) in [4.78, 5) is 0. The van der Waals surface area contributed by atoms with E-state index in [1.807, 2.05) is 0 Å². The molecular weight excluding hydrogens is 286 g/mol. The van der Waals surface area contributed by atoms with Crippen LogP contribution < -0.4 is 9.88 Å². The average Bonchev–Trinajstić information content (AvgIpc) is 2.81. The molecule has 0 saturated carbocycles. The monoisotopic (exact) mass is 301 g/mol. The summed E-state index contributed by atoms with van der Waals surface area (Å²) in [5.74, 6) is 0.326. The molecule has 1 atom stereocenters. The number of sulfonamides is 1. The van der Waals surface area contributed by atoms with Gasteiger partial charge in [0.25, 0.3) is 10.0 Å². The van der Waals surface area contributed by atoms with Crippen molar-refractivity contribution in [1.29, 1.82) is 0 Å². The number of benzene rings is 1. The molecule has 1 aromatic heterocycles. The van der Waals surface area contributed by atoms with Gasteiger partial charge in [0.1, 0.15) is 12.7 Å². The smallest absolute Gasteiger partial charge is 0.271 e. The Kier molecular flexibility index (Phi) is 4.29. The fraction of sp³-hybridized carbons (Fsp3) is 0.333. The van der Waals surface area contributed by atoms with Crippen LogP contribution in [0.25, 0.3) is 11.0 Å². The summed E-state index contributed by atoms with van der Waals surface area (Å²) in [5.41, 5.74) is 0.265. The van der Waals surface area contributed by atoms with E-state index in [0.29, 0.717) is 11.1 Å². The van der Waals surface area contributed by atoms with Crippen LogP contribution in [0.3, 0.4) is 0 Å². The molecule has 0 saturated heterocycles. The van der Waals surface area contributed by atoms with Crippen LogP contribution in [0.15, 0.2) is 33.8 Å². The Morgan fingerprint density at radius 1 is 1.40 bits per heavy atom. The van der Waals surface area contributed by atoms with Gasteiger partial charge in [0.2, 0.25) is 5.09 Å². The van der Waals surface area contributed by atoms with Crippen LogP contribution in [-0.4, -0.2) is 40.0 Å². The quantitative estimate of drug-likeness (QED) is 0.802. The maximum Gasteiger partial charge on any atom is 0.271 e. The first-order chi connectivity index (χ1) is 9.41. The number of hydrogen-bond acceptors (Lipinski definition) is 6. The molecule has 0 spiro atoms. The SMILES string of the molecule is COCC(O)COc1cccc2cc(S(N)(=O)=O)oc12. The van der Waals surface area contributed by atoms with Crippen LogP contribution in [0.5, 0.6) is 5.75 Å². The van der Waals surface area contributed by atoms with Gasteiger partial charge in [0.15, 0.2) is 11.3 Å². The lowest BCUT2D eigenvalue weighted by molar-refractivity contribution is 0.0326. The molecule has 0 amide bonds. The molecular formula is C12H15NO6S. The number of nitrogens with two attached hydrogens (primary N) is 1. The molecule has 1 unspecified atom stereocenters. The van der Waals surface area contributed by atoms with Crippen molar-refractivity contribution in [2.45, 2.75) is 11.2 Å². The molecule has 7 nitrogen and oxygen atoms in total. The lowest BCUT2D eigenvalue weighted by atomic mass is 10.2. The molecule has 110 valence electrons. The predicted octanol–water partition coefficient (Wildman–Crippen LogP) is 0.466. The van der Waals surface area contributed by atoms with Crippen LogP contribution >= 0.6 is 0 Å². The third kappa shape index (κ3) is 3.28. The molecule has 2 rings (SSSR count). The van der Waals surface area contributed by atoms with Crippen molar-refractivity contribution < 1.29 is 27.4 Å². The van der Waals surface area contributed by atoms with Crippen molar-refractivity contribution in [1.82, 2.24) is 0 Å². The number of aliphatic hydroxyl groups is 1. The van der Waals surface area contributed by atoms with E-state index >= 15 is 0 Å². The molecule has 1 aromatic carbocycles. The Morgan fingerprint density at radius 3 is 2.80 bits per heavy atom. The van der Waals surface area contributed by atoms with E-state index < -0.39 is 16.1 Å². The van der Waals surface area contributed by atoms with Gasteiger partial charge in [-0.1, -0.05) is 12.1 Å². The summed E-state index contributed by atoms with van der Waals surface area (Å²) in [6.07, 6.45) is -0.789. The molecule has 20 heavy (non-hydrogen) atoms. The van der Waals surface area contributed by atoms with Crippen molar-refractivity contribution in [2.75, 3.05) is 20.3 Å². The van der Waals surface area contributed by atoms with Gasteiger partial charge < -0.3 is 19.0 Å². The summed E-state index contributed by atoms with van der Waals surface area (Å²) >= 11 is 0. The Labute approximate surface area is 115 Å². The highest BCUT2D eigenvalue weighted by Gasteiger charge is 2.17. The van der Waals surface area contributed by atoms with Crippen molar-refractivity contribution in [2.24, 2.45) is 5.14 Å². The van der Waals surface area contributed by atoms with Gasteiger partial charge in [-0.3, -0.25) is 0 Å². The summed E-state index contributed by atoms with van der Waals surface area (Å²) in [6.45, 7) is 0.134. The summed E-state index contributed by atoms with van der Waals surface area (Å²) in [7, 11) is -2.45. The zero-order valence-corrected chi connectivity index (χ0v) is 11.6. The van der Waals surface area contributed by atoms with Crippen LogP contribution in [-0.2, 0) is 14.8 Å². The van der Waals surface area contributed by atoms with Crippen LogP contribution in [0.1, 0.15) is 0 Å². The summed E-state index contributed by atoms with van der Waals surface area (Å²) in [6, 6.07) is 6.29. The van der Waals surface area contributed by atoms with Crippen LogP contribution in [0, 0.1) is 0 Å². The van der Waals surface area contributed by atoms with Crippen LogP contribution in [0.2, 0.25) is 0 Å². The van der Waals surface area contributed by atoms with E-state index in [2.05, 4.69) is 0 Å². The molecule has 0 radical (unpaired) electrons. The molecule has 0 fully saturated rings. The van der Waals surface area contributed by atoms with E-state index in [1.54, 1.807) is 18.2 Å². The second-order valence-corrected chi connectivity index (χ2v) is 5.70. The first-order valence-electron chi connectivity index (χ1n) is 5.77. The van der Waals surface area contributed by atoms with E-state index in [0.717, 1.165) is 0 Å². The Bertz CT molecular complexity index is 693. The van der Waals surface area contributed by atoms with Gasteiger partial charge in [-0.2, -0.15) is 0 Å². The normalized spacial score (nSPS) is 13.6. The number of furan rings is 1. The molecule has 0 aliphatic heterocycles. The standard InChI is InChI=1S/C12H15NO6S/c1-17-6-9(14)7-18-10-4-2-3-8-5-11(19-12(8)10)20(13,15)16/h2-5,9,14H,6-7H2,1H3,(H2,13,15,16). The number of fused-ring (bicyclic) bond motifs is 1. The topological polar surface area (TPSA) is 112 Å². The number of primary sulfonamides is 1. The second kappa shape index (κ2) is 5.80. The van der Waals surface area contributed by atoms with Gasteiger partial charge in [0.05, 0.1) is 6.61 Å². The zero-order valence-electron chi connectivity index (χ0n) is 10.8. The summed E-state index contributed by atoms with van der Waals surface area (Å²) < 4.78 is 37.9. The van der Waals surface area contributed by atoms with Gasteiger partial charge in [-0.05, 0) is 6.07 Å². The Hall–Kier alpha value is -1.61. The first-order valence-corrected chi connectivity index (χ1v) is 7.31. The van der Waals surface area contributed by atoms with Gasteiger partial charge in [-0.25, -0.2) is 13.6 Å². The van der Waals surface area contributed by atoms with Crippen molar-refractivity contribution in [3.8, 4) is 5.75 Å². The second-order valence-electron chi connectivity index (χ2n) is 4.21. The fourth-order valence-corrected chi connectivity index (χ4v) is 2.18. The van der Waals surface area contributed by atoms with Crippen molar-refractivity contribution >= 4 is 21.0 Å². The Morgan fingerprint density at radius 2 is 2.15 bits per heavy atom. The molecule has 0 aliphatic carbocycles.